The second-order valence-electron chi connectivity index (χ2n) is 4.53. The summed E-state index contributed by atoms with van der Waals surface area (Å²) < 4.78 is 0. The van der Waals surface area contributed by atoms with Crippen molar-refractivity contribution in [3.05, 3.63) is 29.3 Å². The third-order valence-electron chi connectivity index (χ3n) is 2.77. The van der Waals surface area contributed by atoms with E-state index in [0.717, 1.165) is 31.6 Å². The fourth-order valence-corrected chi connectivity index (χ4v) is 1.93. The summed E-state index contributed by atoms with van der Waals surface area (Å²) in [7, 11) is 0. The van der Waals surface area contributed by atoms with Crippen LogP contribution in [0.25, 0.3) is 0 Å². The van der Waals surface area contributed by atoms with Gasteiger partial charge in [0.15, 0.2) is 5.84 Å². The van der Waals surface area contributed by atoms with Gasteiger partial charge in [0.05, 0.1) is 5.69 Å². The van der Waals surface area contributed by atoms with Crippen molar-refractivity contribution in [1.82, 2.24) is 4.90 Å². The molecule has 0 heterocycles. The van der Waals surface area contributed by atoms with Gasteiger partial charge >= 0.3 is 0 Å². The highest BCUT2D eigenvalue weighted by Crippen LogP contribution is 2.13. The lowest BCUT2D eigenvalue weighted by atomic mass is 10.3. The molecular formula is C15H20ClN5. The first kappa shape index (κ1) is 17.0. The van der Waals surface area contributed by atoms with Gasteiger partial charge in [0.25, 0.3) is 0 Å². The Morgan fingerprint density at radius 1 is 1.29 bits per heavy atom. The fourth-order valence-electron chi connectivity index (χ4n) is 1.80. The Balaban J connectivity index is 2.80. The number of amidine groups is 1. The fraction of sp³-hybridized carbons (Fsp3) is 0.400. The van der Waals surface area contributed by atoms with Crippen LogP contribution in [0.1, 0.15) is 26.7 Å². The Morgan fingerprint density at radius 2 is 1.86 bits per heavy atom. The molecule has 0 atom stereocenters. The van der Waals surface area contributed by atoms with Crippen LogP contribution < -0.4 is 5.43 Å². The first-order valence-electron chi connectivity index (χ1n) is 6.95. The van der Waals surface area contributed by atoms with Crippen LogP contribution in [0.2, 0.25) is 5.02 Å². The molecule has 6 heteroatoms. The number of hydrogen-bond acceptors (Lipinski definition) is 4. The molecule has 1 rings (SSSR count). The van der Waals surface area contributed by atoms with Gasteiger partial charge in [-0.05, 0) is 37.1 Å². The third-order valence-corrected chi connectivity index (χ3v) is 3.03. The molecule has 0 aliphatic rings. The summed E-state index contributed by atoms with van der Waals surface area (Å²) in [5, 5.41) is 22.0. The number of rotatable bonds is 7. The van der Waals surface area contributed by atoms with Crippen LogP contribution in [0.15, 0.2) is 29.4 Å². The van der Waals surface area contributed by atoms with Crippen molar-refractivity contribution in [2.24, 2.45) is 5.10 Å². The number of benzene rings is 1. The van der Waals surface area contributed by atoms with E-state index in [0.29, 0.717) is 5.02 Å². The summed E-state index contributed by atoms with van der Waals surface area (Å²) in [4.78, 5) is 1.87. The zero-order valence-corrected chi connectivity index (χ0v) is 13.1. The van der Waals surface area contributed by atoms with Crippen LogP contribution in [0.3, 0.4) is 0 Å². The Kier molecular flexibility index (Phi) is 7.27. The molecule has 0 aromatic heterocycles. The van der Waals surface area contributed by atoms with Gasteiger partial charge in [-0.25, -0.2) is 0 Å². The summed E-state index contributed by atoms with van der Waals surface area (Å²) in [6.07, 6.45) is 1.84. The second kappa shape index (κ2) is 8.98. The number of halogens is 1. The molecule has 0 bridgehead atoms. The Labute approximate surface area is 130 Å². The zero-order valence-electron chi connectivity index (χ0n) is 12.4. The third kappa shape index (κ3) is 5.44. The number of nitrogens with zero attached hydrogens (tertiary/aromatic N) is 3. The Morgan fingerprint density at radius 3 is 2.33 bits per heavy atom. The second-order valence-corrected chi connectivity index (χ2v) is 4.96. The van der Waals surface area contributed by atoms with Crippen LogP contribution in [0.4, 0.5) is 5.69 Å². The van der Waals surface area contributed by atoms with E-state index < -0.39 is 0 Å². The number of nitrogens with one attached hydrogen (secondary N) is 2. The highest BCUT2D eigenvalue weighted by molar-refractivity contribution is 6.46. The molecule has 5 nitrogen and oxygen atoms in total. The molecule has 0 fully saturated rings. The van der Waals surface area contributed by atoms with E-state index in [1.54, 1.807) is 24.3 Å². The maximum absolute atomic E-state index is 9.19. The standard InChI is InChI=1S/C15H20ClN5/c1-3-9-21(10-4-2)15(18)14(11-17)20-19-13-7-5-12(16)6-8-13/h5-8,18-19H,3-4,9-10H2,1-2H3/b18-15?,20-14-. The number of hydrazone groups is 1. The van der Waals surface area contributed by atoms with Gasteiger partial charge in [-0.15, -0.1) is 0 Å². The van der Waals surface area contributed by atoms with Crippen LogP contribution in [0.5, 0.6) is 0 Å². The average Bonchev–Trinajstić information content (AvgIpc) is 2.49. The van der Waals surface area contributed by atoms with Gasteiger partial charge in [-0.2, -0.15) is 10.4 Å². The topological polar surface area (TPSA) is 75.3 Å². The number of nitriles is 1. The minimum Gasteiger partial charge on any atom is -0.355 e. The minimum atomic E-state index is 0.0758. The van der Waals surface area contributed by atoms with Crippen LogP contribution in [-0.2, 0) is 0 Å². The van der Waals surface area contributed by atoms with Gasteiger partial charge in [0.1, 0.15) is 6.07 Å². The first-order chi connectivity index (χ1) is 10.1. The largest absolute Gasteiger partial charge is 0.355 e. The summed E-state index contributed by atoms with van der Waals surface area (Å²) >= 11 is 5.81. The Bertz CT molecular complexity index is 524. The molecule has 0 amide bonds. The maximum Gasteiger partial charge on any atom is 0.202 e. The lowest BCUT2D eigenvalue weighted by molar-refractivity contribution is 0.419. The molecule has 0 aliphatic heterocycles. The van der Waals surface area contributed by atoms with Crippen LogP contribution >= 0.6 is 11.6 Å². The number of anilines is 1. The van der Waals surface area contributed by atoms with E-state index >= 15 is 0 Å². The molecule has 112 valence electrons. The molecule has 21 heavy (non-hydrogen) atoms. The lowest BCUT2D eigenvalue weighted by Crippen LogP contribution is -2.37. The molecule has 0 unspecified atom stereocenters. The molecule has 0 saturated carbocycles. The average molecular weight is 306 g/mol. The van der Waals surface area contributed by atoms with Gasteiger partial charge in [0, 0.05) is 18.1 Å². The predicted octanol–water partition coefficient (Wildman–Crippen LogP) is 3.73. The van der Waals surface area contributed by atoms with Crippen molar-refractivity contribution < 1.29 is 0 Å². The SMILES string of the molecule is CCCN(CCC)C(=N)/C(C#N)=N\Nc1ccc(Cl)cc1. The maximum atomic E-state index is 9.19. The van der Waals surface area contributed by atoms with Gasteiger partial charge < -0.3 is 4.90 Å². The monoisotopic (exact) mass is 305 g/mol. The van der Waals surface area contributed by atoms with E-state index in [1.807, 2.05) is 24.8 Å². The highest BCUT2D eigenvalue weighted by atomic mass is 35.5. The van der Waals surface area contributed by atoms with Crippen molar-refractivity contribution >= 4 is 28.8 Å². The Hall–Kier alpha value is -2.06. The van der Waals surface area contributed by atoms with Crippen LogP contribution in [-0.4, -0.2) is 29.5 Å². The normalized spacial score (nSPS) is 10.9. The molecular weight excluding hydrogens is 286 g/mol. The number of hydrogen-bond donors (Lipinski definition) is 2. The van der Waals surface area contributed by atoms with E-state index in [4.69, 9.17) is 17.0 Å². The summed E-state index contributed by atoms with van der Waals surface area (Å²) in [5.41, 5.74) is 3.58. The zero-order chi connectivity index (χ0) is 15.7. The molecule has 0 aliphatic carbocycles. The molecule has 0 radical (unpaired) electrons. The molecule has 0 saturated heterocycles. The van der Waals surface area contributed by atoms with Crippen molar-refractivity contribution in [3.63, 3.8) is 0 Å². The van der Waals surface area contributed by atoms with Crippen molar-refractivity contribution in [2.75, 3.05) is 18.5 Å². The van der Waals surface area contributed by atoms with E-state index in [2.05, 4.69) is 10.5 Å². The van der Waals surface area contributed by atoms with E-state index in [1.165, 1.54) is 0 Å². The smallest absolute Gasteiger partial charge is 0.202 e. The first-order valence-corrected chi connectivity index (χ1v) is 7.33. The summed E-state index contributed by atoms with van der Waals surface area (Å²) in [6, 6.07) is 8.97. The van der Waals surface area contributed by atoms with Crippen molar-refractivity contribution in [2.45, 2.75) is 26.7 Å². The van der Waals surface area contributed by atoms with E-state index in [9.17, 15) is 5.26 Å². The predicted molar refractivity (Wildman–Crippen MR) is 88.0 cm³/mol. The highest BCUT2D eigenvalue weighted by Gasteiger charge is 2.14. The van der Waals surface area contributed by atoms with Gasteiger partial charge in [0.2, 0.25) is 5.71 Å². The van der Waals surface area contributed by atoms with Crippen molar-refractivity contribution in [3.8, 4) is 6.07 Å². The van der Waals surface area contributed by atoms with E-state index in [-0.39, 0.29) is 11.5 Å². The molecule has 0 spiro atoms. The van der Waals surface area contributed by atoms with Crippen molar-refractivity contribution in [1.29, 1.82) is 10.7 Å². The van der Waals surface area contributed by atoms with Gasteiger partial charge in [-0.3, -0.25) is 10.8 Å². The summed E-state index contributed by atoms with van der Waals surface area (Å²) in [6.45, 7) is 5.58. The van der Waals surface area contributed by atoms with Gasteiger partial charge in [-0.1, -0.05) is 25.4 Å². The van der Waals surface area contributed by atoms with Crippen LogP contribution in [0, 0.1) is 16.7 Å². The quantitative estimate of drug-likeness (QED) is 0.458. The minimum absolute atomic E-state index is 0.0758. The molecule has 1 aromatic rings. The summed E-state index contributed by atoms with van der Waals surface area (Å²) in [5.74, 6) is 0.155. The molecule has 2 N–H and O–H groups in total. The lowest BCUT2D eigenvalue weighted by Gasteiger charge is -2.22. The molecule has 1 aromatic carbocycles.